The van der Waals surface area contributed by atoms with Crippen molar-refractivity contribution in [1.82, 2.24) is 5.43 Å². The number of carbonyl (C=O) groups is 1. The molecule has 0 aliphatic heterocycles. The van der Waals surface area contributed by atoms with Gasteiger partial charge in [-0.1, -0.05) is 25.5 Å². The number of rotatable bonds is 7. The van der Waals surface area contributed by atoms with E-state index in [1.165, 1.54) is 0 Å². The van der Waals surface area contributed by atoms with E-state index in [0.29, 0.717) is 18.8 Å². The van der Waals surface area contributed by atoms with Crippen molar-refractivity contribution in [3.05, 3.63) is 29.8 Å². The molecule has 1 aromatic rings. The summed E-state index contributed by atoms with van der Waals surface area (Å²) < 4.78 is 10.7. The minimum absolute atomic E-state index is 0.311. The topological polar surface area (TPSA) is 73.6 Å². The SMILES string of the molecule is CCCC(Oc1cccc(COC)c1)C(=O)NN. The van der Waals surface area contributed by atoms with Gasteiger partial charge in [0, 0.05) is 7.11 Å². The summed E-state index contributed by atoms with van der Waals surface area (Å²) in [7, 11) is 1.63. The van der Waals surface area contributed by atoms with Crippen LogP contribution in [0.2, 0.25) is 0 Å². The van der Waals surface area contributed by atoms with Gasteiger partial charge in [0.1, 0.15) is 5.75 Å². The molecule has 100 valence electrons. The molecule has 5 nitrogen and oxygen atoms in total. The Kier molecular flexibility index (Phi) is 6.18. The van der Waals surface area contributed by atoms with Gasteiger partial charge in [-0.2, -0.15) is 0 Å². The Morgan fingerprint density at radius 1 is 1.50 bits per heavy atom. The van der Waals surface area contributed by atoms with Crippen molar-refractivity contribution >= 4 is 5.91 Å². The molecule has 0 saturated heterocycles. The summed E-state index contributed by atoms with van der Waals surface area (Å²) >= 11 is 0. The lowest BCUT2D eigenvalue weighted by Gasteiger charge is -2.17. The number of methoxy groups -OCH3 is 1. The van der Waals surface area contributed by atoms with Gasteiger partial charge in [0.15, 0.2) is 6.10 Å². The Balaban J connectivity index is 2.73. The summed E-state index contributed by atoms with van der Waals surface area (Å²) in [6.07, 6.45) is 0.908. The molecule has 0 fully saturated rings. The third-order valence-corrected chi connectivity index (χ3v) is 2.47. The number of nitrogens with one attached hydrogen (secondary N) is 1. The first kappa shape index (κ1) is 14.5. The number of hydrogen-bond donors (Lipinski definition) is 2. The minimum Gasteiger partial charge on any atom is -0.481 e. The number of carbonyl (C=O) groups excluding carboxylic acids is 1. The summed E-state index contributed by atoms with van der Waals surface area (Å²) in [5.41, 5.74) is 3.12. The van der Waals surface area contributed by atoms with Gasteiger partial charge in [0.2, 0.25) is 0 Å². The second-order valence-electron chi connectivity index (χ2n) is 3.98. The zero-order chi connectivity index (χ0) is 13.4. The molecule has 0 aliphatic carbocycles. The Labute approximate surface area is 107 Å². The van der Waals surface area contributed by atoms with Gasteiger partial charge in [-0.25, -0.2) is 5.84 Å². The average molecular weight is 252 g/mol. The second-order valence-corrected chi connectivity index (χ2v) is 3.98. The van der Waals surface area contributed by atoms with E-state index in [4.69, 9.17) is 15.3 Å². The molecule has 0 spiro atoms. The second kappa shape index (κ2) is 7.68. The van der Waals surface area contributed by atoms with E-state index in [1.54, 1.807) is 7.11 Å². The van der Waals surface area contributed by atoms with Crippen LogP contribution in [0, 0.1) is 0 Å². The van der Waals surface area contributed by atoms with Crippen LogP contribution in [0.1, 0.15) is 25.3 Å². The molecule has 1 aromatic carbocycles. The van der Waals surface area contributed by atoms with Gasteiger partial charge in [-0.15, -0.1) is 0 Å². The maximum atomic E-state index is 11.5. The molecule has 3 N–H and O–H groups in total. The first-order valence-electron chi connectivity index (χ1n) is 5.96. The molecule has 0 radical (unpaired) electrons. The number of amides is 1. The van der Waals surface area contributed by atoms with E-state index in [-0.39, 0.29) is 5.91 Å². The molecule has 0 aliphatic rings. The summed E-state index contributed by atoms with van der Waals surface area (Å²) in [6, 6.07) is 7.48. The van der Waals surface area contributed by atoms with Crippen molar-refractivity contribution in [2.24, 2.45) is 5.84 Å². The Morgan fingerprint density at radius 2 is 2.28 bits per heavy atom. The van der Waals surface area contributed by atoms with E-state index < -0.39 is 6.10 Å². The molecular weight excluding hydrogens is 232 g/mol. The Hall–Kier alpha value is -1.59. The van der Waals surface area contributed by atoms with Crippen molar-refractivity contribution in [2.45, 2.75) is 32.5 Å². The minimum atomic E-state index is -0.558. The lowest BCUT2D eigenvalue weighted by atomic mass is 10.2. The van der Waals surface area contributed by atoms with Gasteiger partial charge in [0.05, 0.1) is 6.61 Å². The van der Waals surface area contributed by atoms with Crippen LogP contribution >= 0.6 is 0 Å². The van der Waals surface area contributed by atoms with Gasteiger partial charge >= 0.3 is 0 Å². The molecule has 1 rings (SSSR count). The van der Waals surface area contributed by atoms with Crippen molar-refractivity contribution in [2.75, 3.05) is 7.11 Å². The molecule has 1 amide bonds. The zero-order valence-electron chi connectivity index (χ0n) is 10.8. The smallest absolute Gasteiger partial charge is 0.274 e. The first-order chi connectivity index (χ1) is 8.71. The quantitative estimate of drug-likeness (QED) is 0.436. The summed E-state index contributed by atoms with van der Waals surface area (Å²) in [5.74, 6) is 5.47. The van der Waals surface area contributed by atoms with Crippen LogP contribution in [0.5, 0.6) is 5.75 Å². The third-order valence-electron chi connectivity index (χ3n) is 2.47. The van der Waals surface area contributed by atoms with Crippen LogP contribution in [-0.2, 0) is 16.1 Å². The molecule has 0 heterocycles. The van der Waals surface area contributed by atoms with Crippen LogP contribution < -0.4 is 16.0 Å². The van der Waals surface area contributed by atoms with Crippen LogP contribution in [-0.4, -0.2) is 19.1 Å². The molecule has 1 atom stereocenters. The first-order valence-corrected chi connectivity index (χ1v) is 5.96. The van der Waals surface area contributed by atoms with E-state index >= 15 is 0 Å². The summed E-state index contributed by atoms with van der Waals surface area (Å²) in [4.78, 5) is 11.5. The van der Waals surface area contributed by atoms with Crippen molar-refractivity contribution in [3.63, 3.8) is 0 Å². The highest BCUT2D eigenvalue weighted by Crippen LogP contribution is 2.17. The maximum Gasteiger partial charge on any atom is 0.274 e. The summed E-state index contributed by atoms with van der Waals surface area (Å²) in [6.45, 7) is 2.50. The van der Waals surface area contributed by atoms with Crippen molar-refractivity contribution in [1.29, 1.82) is 0 Å². The van der Waals surface area contributed by atoms with E-state index in [0.717, 1.165) is 12.0 Å². The van der Waals surface area contributed by atoms with Crippen LogP contribution in [0.25, 0.3) is 0 Å². The van der Waals surface area contributed by atoms with Crippen molar-refractivity contribution < 1.29 is 14.3 Å². The normalized spacial score (nSPS) is 11.9. The fourth-order valence-electron chi connectivity index (χ4n) is 1.64. The van der Waals surface area contributed by atoms with Crippen molar-refractivity contribution in [3.8, 4) is 5.75 Å². The molecule has 5 heteroatoms. The fraction of sp³-hybridized carbons (Fsp3) is 0.462. The van der Waals surface area contributed by atoms with Gasteiger partial charge in [-0.05, 0) is 24.1 Å². The number of hydrogen-bond acceptors (Lipinski definition) is 4. The third kappa shape index (κ3) is 4.35. The number of hydrazine groups is 1. The van der Waals surface area contributed by atoms with Crippen LogP contribution in [0.15, 0.2) is 24.3 Å². The Bertz CT molecular complexity index is 382. The predicted octanol–water partition coefficient (Wildman–Crippen LogP) is 1.37. The molecule has 1 unspecified atom stereocenters. The highest BCUT2D eigenvalue weighted by atomic mass is 16.5. The summed E-state index contributed by atoms with van der Waals surface area (Å²) in [5, 5.41) is 0. The average Bonchev–Trinajstić information content (AvgIpc) is 2.38. The number of benzene rings is 1. The van der Waals surface area contributed by atoms with E-state index in [2.05, 4.69) is 5.43 Å². The van der Waals surface area contributed by atoms with Gasteiger partial charge in [-0.3, -0.25) is 10.2 Å². The fourth-order valence-corrected chi connectivity index (χ4v) is 1.64. The van der Waals surface area contributed by atoms with E-state index in [9.17, 15) is 4.79 Å². The van der Waals surface area contributed by atoms with Crippen LogP contribution in [0.4, 0.5) is 0 Å². The maximum absolute atomic E-state index is 11.5. The largest absolute Gasteiger partial charge is 0.481 e. The predicted molar refractivity (Wildman–Crippen MR) is 68.8 cm³/mol. The van der Waals surface area contributed by atoms with Gasteiger partial charge in [0.25, 0.3) is 5.91 Å². The van der Waals surface area contributed by atoms with E-state index in [1.807, 2.05) is 31.2 Å². The van der Waals surface area contributed by atoms with Gasteiger partial charge < -0.3 is 9.47 Å². The molecule has 18 heavy (non-hydrogen) atoms. The number of ether oxygens (including phenoxy) is 2. The lowest BCUT2D eigenvalue weighted by molar-refractivity contribution is -0.128. The lowest BCUT2D eigenvalue weighted by Crippen LogP contribution is -2.42. The van der Waals surface area contributed by atoms with Crippen LogP contribution in [0.3, 0.4) is 0 Å². The monoisotopic (exact) mass is 252 g/mol. The molecule has 0 bridgehead atoms. The highest BCUT2D eigenvalue weighted by molar-refractivity contribution is 5.80. The Morgan fingerprint density at radius 3 is 2.89 bits per heavy atom. The molecule has 0 aromatic heterocycles. The standard InChI is InChI=1S/C13H20N2O3/c1-3-5-12(13(16)15-14)18-11-7-4-6-10(8-11)9-17-2/h4,6-8,12H,3,5,9,14H2,1-2H3,(H,15,16). The zero-order valence-corrected chi connectivity index (χ0v) is 10.8. The highest BCUT2D eigenvalue weighted by Gasteiger charge is 2.18. The number of nitrogens with two attached hydrogens (primary N) is 1. The molecular formula is C13H20N2O3. The molecule has 0 saturated carbocycles.